The van der Waals surface area contributed by atoms with Crippen molar-refractivity contribution in [3.8, 4) is 0 Å². The highest BCUT2D eigenvalue weighted by atomic mass is 16.2. The molecule has 0 spiro atoms. The number of pyridine rings is 3. The summed E-state index contributed by atoms with van der Waals surface area (Å²) in [6, 6.07) is 15.2. The molecule has 0 saturated heterocycles. The van der Waals surface area contributed by atoms with Crippen LogP contribution in [0.2, 0.25) is 0 Å². The summed E-state index contributed by atoms with van der Waals surface area (Å²) in [6.45, 7) is 0. The predicted octanol–water partition coefficient (Wildman–Crippen LogP) is 1.40. The van der Waals surface area contributed by atoms with E-state index in [2.05, 4.69) is 36.0 Å². The molecule has 2 N–H and O–H groups in total. The lowest BCUT2D eigenvalue weighted by Gasteiger charge is -1.99. The predicted molar refractivity (Wildman–Crippen MR) is 103 cm³/mol. The lowest BCUT2D eigenvalue weighted by atomic mass is 10.3. The second-order valence-corrected chi connectivity index (χ2v) is 5.32. The third-order valence-corrected chi connectivity index (χ3v) is 3.31. The van der Waals surface area contributed by atoms with E-state index in [1.54, 1.807) is 54.6 Å². The Labute approximate surface area is 160 Å². The van der Waals surface area contributed by atoms with Crippen molar-refractivity contribution in [1.29, 1.82) is 0 Å². The number of nitrogens with one attached hydrogen (secondary N) is 2. The number of amides is 2. The zero-order valence-electron chi connectivity index (χ0n) is 14.6. The van der Waals surface area contributed by atoms with E-state index in [0.717, 1.165) is 0 Å². The van der Waals surface area contributed by atoms with Gasteiger partial charge in [-0.05, 0) is 36.4 Å². The van der Waals surface area contributed by atoms with Gasteiger partial charge in [0.1, 0.15) is 11.4 Å². The standard InChI is InChI=1S/C19H15N7O2/c27-18(16-8-1-3-10-20-16)25-22-12-14-6-5-7-15(24-14)13-23-26-19(28)17-9-2-4-11-21-17/h1-13H,(H,25,27)(H,26,28)/b22-12+,23-13+. The molecule has 2 amide bonds. The van der Waals surface area contributed by atoms with E-state index < -0.39 is 11.8 Å². The molecular weight excluding hydrogens is 358 g/mol. The Morgan fingerprint density at radius 2 is 1.21 bits per heavy atom. The molecule has 0 saturated carbocycles. The number of nitrogens with zero attached hydrogens (tertiary/aromatic N) is 5. The first-order chi connectivity index (χ1) is 13.7. The van der Waals surface area contributed by atoms with Crippen LogP contribution in [-0.2, 0) is 0 Å². The zero-order chi connectivity index (χ0) is 19.6. The smallest absolute Gasteiger partial charge is 0.266 e. The molecule has 0 aliphatic carbocycles. The highest BCUT2D eigenvalue weighted by Crippen LogP contribution is 1.97. The highest BCUT2D eigenvalue weighted by molar-refractivity contribution is 5.93. The normalized spacial score (nSPS) is 10.9. The molecule has 0 aromatic carbocycles. The van der Waals surface area contributed by atoms with Gasteiger partial charge >= 0.3 is 0 Å². The molecule has 3 rings (SSSR count). The minimum atomic E-state index is -0.424. The summed E-state index contributed by atoms with van der Waals surface area (Å²) in [5, 5.41) is 7.72. The van der Waals surface area contributed by atoms with E-state index in [9.17, 15) is 9.59 Å². The van der Waals surface area contributed by atoms with Gasteiger partial charge in [-0.25, -0.2) is 15.8 Å². The van der Waals surface area contributed by atoms with Gasteiger partial charge < -0.3 is 0 Å². The molecule has 0 aliphatic heterocycles. The Morgan fingerprint density at radius 1 is 0.714 bits per heavy atom. The summed E-state index contributed by atoms with van der Waals surface area (Å²) in [6.07, 6.45) is 5.83. The molecule has 28 heavy (non-hydrogen) atoms. The Balaban J connectivity index is 1.56. The number of hydrogen-bond acceptors (Lipinski definition) is 7. The molecular formula is C19H15N7O2. The summed E-state index contributed by atoms with van der Waals surface area (Å²) in [5.74, 6) is -0.849. The van der Waals surface area contributed by atoms with E-state index in [-0.39, 0.29) is 11.4 Å². The van der Waals surface area contributed by atoms with Gasteiger partial charge in [-0.1, -0.05) is 18.2 Å². The summed E-state index contributed by atoms with van der Waals surface area (Å²) in [7, 11) is 0. The second-order valence-electron chi connectivity index (χ2n) is 5.32. The third-order valence-electron chi connectivity index (χ3n) is 3.31. The van der Waals surface area contributed by atoms with Crippen molar-refractivity contribution in [2.75, 3.05) is 0 Å². The Bertz CT molecular complexity index is 926. The fourth-order valence-corrected chi connectivity index (χ4v) is 2.04. The van der Waals surface area contributed by atoms with Crippen molar-refractivity contribution < 1.29 is 9.59 Å². The van der Waals surface area contributed by atoms with Crippen LogP contribution in [0.25, 0.3) is 0 Å². The SMILES string of the molecule is O=C(N/N=C/c1cccc(/C=N/NC(=O)c2ccccn2)n1)c1ccccn1. The van der Waals surface area contributed by atoms with Gasteiger partial charge in [-0.2, -0.15) is 10.2 Å². The van der Waals surface area contributed by atoms with Crippen LogP contribution in [0.5, 0.6) is 0 Å². The summed E-state index contributed by atoms with van der Waals surface area (Å²) in [5.41, 5.74) is 6.27. The maximum Gasteiger partial charge on any atom is 0.289 e. The van der Waals surface area contributed by atoms with E-state index >= 15 is 0 Å². The maximum absolute atomic E-state index is 11.8. The Kier molecular flexibility index (Phi) is 6.24. The van der Waals surface area contributed by atoms with Crippen LogP contribution >= 0.6 is 0 Å². The lowest BCUT2D eigenvalue weighted by Crippen LogP contribution is -2.19. The number of hydrogen-bond donors (Lipinski definition) is 2. The highest BCUT2D eigenvalue weighted by Gasteiger charge is 2.04. The van der Waals surface area contributed by atoms with Crippen molar-refractivity contribution in [2.45, 2.75) is 0 Å². The second kappa shape index (κ2) is 9.43. The summed E-state index contributed by atoms with van der Waals surface area (Å²) >= 11 is 0. The number of hydrazone groups is 2. The van der Waals surface area contributed by atoms with Gasteiger partial charge in [0.2, 0.25) is 0 Å². The minimum absolute atomic E-state index is 0.261. The molecule has 138 valence electrons. The number of carbonyl (C=O) groups excluding carboxylic acids is 2. The minimum Gasteiger partial charge on any atom is -0.266 e. The topological polar surface area (TPSA) is 122 Å². The number of aromatic nitrogens is 3. The van der Waals surface area contributed by atoms with E-state index in [1.807, 2.05) is 0 Å². The van der Waals surface area contributed by atoms with Crippen molar-refractivity contribution in [3.63, 3.8) is 0 Å². The molecule has 9 nitrogen and oxygen atoms in total. The van der Waals surface area contributed by atoms with Gasteiger partial charge in [0.15, 0.2) is 0 Å². The van der Waals surface area contributed by atoms with E-state index in [1.165, 1.54) is 24.8 Å². The quantitative estimate of drug-likeness (QED) is 0.500. The molecule has 0 radical (unpaired) electrons. The summed E-state index contributed by atoms with van der Waals surface area (Å²) in [4.78, 5) is 35.8. The van der Waals surface area contributed by atoms with E-state index in [0.29, 0.717) is 11.4 Å². The molecule has 0 fully saturated rings. The van der Waals surface area contributed by atoms with Crippen molar-refractivity contribution in [1.82, 2.24) is 25.8 Å². The molecule has 0 atom stereocenters. The fraction of sp³-hybridized carbons (Fsp3) is 0. The zero-order valence-corrected chi connectivity index (χ0v) is 14.6. The fourth-order valence-electron chi connectivity index (χ4n) is 2.04. The van der Waals surface area contributed by atoms with Crippen LogP contribution in [0.3, 0.4) is 0 Å². The van der Waals surface area contributed by atoms with Crippen molar-refractivity contribution in [3.05, 3.63) is 89.8 Å². The molecule has 3 aromatic heterocycles. The van der Waals surface area contributed by atoms with Crippen LogP contribution in [0.1, 0.15) is 32.4 Å². The molecule has 0 bridgehead atoms. The number of rotatable bonds is 6. The molecule has 9 heteroatoms. The van der Waals surface area contributed by atoms with E-state index in [4.69, 9.17) is 0 Å². The van der Waals surface area contributed by atoms with Crippen LogP contribution < -0.4 is 10.9 Å². The number of carbonyl (C=O) groups is 2. The Hall–Kier alpha value is -4.27. The molecule has 3 heterocycles. The third kappa shape index (κ3) is 5.36. The summed E-state index contributed by atoms with van der Waals surface area (Å²) < 4.78 is 0. The monoisotopic (exact) mass is 373 g/mol. The molecule has 0 aliphatic rings. The van der Waals surface area contributed by atoms with Crippen LogP contribution in [0.15, 0.2) is 77.2 Å². The average molecular weight is 373 g/mol. The molecule has 3 aromatic rings. The average Bonchev–Trinajstić information content (AvgIpc) is 2.75. The largest absolute Gasteiger partial charge is 0.289 e. The van der Waals surface area contributed by atoms with Gasteiger partial charge in [-0.15, -0.1) is 0 Å². The Morgan fingerprint density at radius 3 is 1.64 bits per heavy atom. The van der Waals surface area contributed by atoms with Gasteiger partial charge in [0.25, 0.3) is 11.8 Å². The maximum atomic E-state index is 11.8. The lowest BCUT2D eigenvalue weighted by molar-refractivity contribution is 0.0942. The van der Waals surface area contributed by atoms with Crippen molar-refractivity contribution in [2.24, 2.45) is 10.2 Å². The van der Waals surface area contributed by atoms with Crippen LogP contribution in [0.4, 0.5) is 0 Å². The van der Waals surface area contributed by atoms with Crippen LogP contribution in [-0.4, -0.2) is 39.2 Å². The van der Waals surface area contributed by atoms with Crippen molar-refractivity contribution >= 4 is 24.2 Å². The van der Waals surface area contributed by atoms with Gasteiger partial charge in [0, 0.05) is 12.4 Å². The first-order valence-electron chi connectivity index (χ1n) is 8.18. The van der Waals surface area contributed by atoms with Gasteiger partial charge in [0.05, 0.1) is 23.8 Å². The van der Waals surface area contributed by atoms with Gasteiger partial charge in [-0.3, -0.25) is 19.6 Å². The first kappa shape index (κ1) is 18.5. The molecule has 0 unspecified atom stereocenters. The van der Waals surface area contributed by atoms with Crippen LogP contribution in [0, 0.1) is 0 Å². The first-order valence-corrected chi connectivity index (χ1v) is 8.18.